The van der Waals surface area contributed by atoms with E-state index < -0.39 is 17.4 Å². The molecule has 1 aromatic carbocycles. The normalized spacial score (nSPS) is 32.3. The van der Waals surface area contributed by atoms with Crippen LogP contribution in [0.3, 0.4) is 0 Å². The molecule has 0 saturated carbocycles. The first-order chi connectivity index (χ1) is 13.2. The summed E-state index contributed by atoms with van der Waals surface area (Å²) < 4.78 is 0. The predicted octanol–water partition coefficient (Wildman–Crippen LogP) is 1.88. The number of imide groups is 1. The van der Waals surface area contributed by atoms with Crippen LogP contribution in [0.2, 0.25) is 5.02 Å². The molecule has 1 aromatic rings. The molecule has 1 spiro atoms. The second-order valence-corrected chi connectivity index (χ2v) is 9.16. The number of anilines is 1. The Morgan fingerprint density at radius 3 is 2.57 bits per heavy atom. The number of carbonyl (C=O) groups is 3. The van der Waals surface area contributed by atoms with Crippen LogP contribution in [0.4, 0.5) is 5.69 Å². The minimum absolute atomic E-state index is 0.119. The number of nitrogens with zero attached hydrogens (tertiary/aromatic N) is 1. The number of hydrogen-bond acceptors (Lipinski definition) is 3. The number of para-hydroxylation sites is 1. The largest absolute Gasteiger partial charge is 0.326 e. The molecule has 6 nitrogen and oxygen atoms in total. The number of benzene rings is 1. The van der Waals surface area contributed by atoms with Gasteiger partial charge in [-0.15, -0.1) is 0 Å². The van der Waals surface area contributed by atoms with Crippen molar-refractivity contribution in [3.63, 3.8) is 0 Å². The highest BCUT2D eigenvalue weighted by molar-refractivity contribution is 6.35. The fourth-order valence-electron chi connectivity index (χ4n) is 5.35. The Kier molecular flexibility index (Phi) is 4.55. The van der Waals surface area contributed by atoms with Crippen molar-refractivity contribution < 1.29 is 19.7 Å². The summed E-state index contributed by atoms with van der Waals surface area (Å²) in [7, 11) is 0. The molecule has 3 amide bonds. The number of nitrogens with two attached hydrogens (primary N) is 1. The van der Waals surface area contributed by atoms with Crippen LogP contribution in [0, 0.1) is 17.8 Å². The first kappa shape index (κ1) is 19.4. The van der Waals surface area contributed by atoms with Crippen LogP contribution >= 0.6 is 11.6 Å². The number of quaternary nitrogens is 1. The summed E-state index contributed by atoms with van der Waals surface area (Å²) in [4.78, 5) is 41.6. The summed E-state index contributed by atoms with van der Waals surface area (Å²) in [6.07, 6.45) is 1.45. The molecular formula is C21H27ClN3O3+. The van der Waals surface area contributed by atoms with Gasteiger partial charge in [0, 0.05) is 18.0 Å². The van der Waals surface area contributed by atoms with Crippen molar-refractivity contribution in [2.45, 2.75) is 58.2 Å². The van der Waals surface area contributed by atoms with Crippen LogP contribution in [0.5, 0.6) is 0 Å². The number of fused-ring (bicyclic) bond motifs is 4. The maximum absolute atomic E-state index is 13.5. The number of nitrogens with one attached hydrogen (secondary N) is 1. The highest BCUT2D eigenvalue weighted by Crippen LogP contribution is 2.51. The van der Waals surface area contributed by atoms with Gasteiger partial charge in [0.2, 0.25) is 17.4 Å². The minimum atomic E-state index is -1.13. The molecule has 3 heterocycles. The molecule has 0 aliphatic carbocycles. The molecule has 3 aliphatic rings. The lowest BCUT2D eigenvalue weighted by molar-refractivity contribution is -0.734. The topological polar surface area (TPSA) is 83.1 Å². The van der Waals surface area contributed by atoms with Gasteiger partial charge >= 0.3 is 0 Å². The molecule has 0 unspecified atom stereocenters. The highest BCUT2D eigenvalue weighted by atomic mass is 35.5. The maximum atomic E-state index is 13.5. The first-order valence-corrected chi connectivity index (χ1v) is 10.4. The molecule has 0 radical (unpaired) electrons. The number of likely N-dealkylation sites (tertiary alicyclic amines) is 1. The van der Waals surface area contributed by atoms with Crippen LogP contribution in [0.25, 0.3) is 0 Å². The lowest BCUT2D eigenvalue weighted by Crippen LogP contribution is -2.99. The van der Waals surface area contributed by atoms with Crippen LogP contribution in [-0.4, -0.2) is 34.7 Å². The fraction of sp³-hybridized carbons (Fsp3) is 0.571. The van der Waals surface area contributed by atoms with Crippen molar-refractivity contribution in [1.29, 1.82) is 0 Å². The average Bonchev–Trinajstić information content (AvgIpc) is 3.21. The Balaban J connectivity index is 1.89. The van der Waals surface area contributed by atoms with E-state index in [0.29, 0.717) is 23.0 Å². The van der Waals surface area contributed by atoms with E-state index in [1.54, 1.807) is 12.1 Å². The third-order valence-corrected chi connectivity index (χ3v) is 6.98. The fourth-order valence-corrected chi connectivity index (χ4v) is 5.58. The van der Waals surface area contributed by atoms with E-state index in [4.69, 9.17) is 11.6 Å². The van der Waals surface area contributed by atoms with Gasteiger partial charge in [0.05, 0.1) is 10.7 Å². The molecule has 7 heteroatoms. The third-order valence-electron chi connectivity index (χ3n) is 6.66. The van der Waals surface area contributed by atoms with Crippen LogP contribution in [0.15, 0.2) is 18.2 Å². The van der Waals surface area contributed by atoms with Gasteiger partial charge in [-0.1, -0.05) is 38.4 Å². The molecule has 5 atom stereocenters. The van der Waals surface area contributed by atoms with E-state index in [1.807, 2.05) is 25.2 Å². The third kappa shape index (κ3) is 2.40. The zero-order chi connectivity index (χ0) is 20.4. The Bertz CT molecular complexity index is 870. The second kappa shape index (κ2) is 6.56. The van der Waals surface area contributed by atoms with Crippen molar-refractivity contribution >= 4 is 35.0 Å². The molecule has 2 fully saturated rings. The lowest BCUT2D eigenvalue weighted by atomic mass is 9.76. The Morgan fingerprint density at radius 1 is 1.21 bits per heavy atom. The second-order valence-electron chi connectivity index (χ2n) is 8.75. The Labute approximate surface area is 170 Å². The number of halogens is 1. The van der Waals surface area contributed by atoms with Crippen molar-refractivity contribution in [2.75, 3.05) is 5.32 Å². The summed E-state index contributed by atoms with van der Waals surface area (Å²) >= 11 is 6.34. The average molecular weight is 405 g/mol. The molecule has 3 N–H and O–H groups in total. The van der Waals surface area contributed by atoms with Crippen molar-refractivity contribution in [3.8, 4) is 0 Å². The predicted molar refractivity (Wildman–Crippen MR) is 106 cm³/mol. The van der Waals surface area contributed by atoms with Gasteiger partial charge < -0.3 is 10.6 Å². The van der Waals surface area contributed by atoms with Crippen molar-refractivity contribution in [2.24, 2.45) is 17.8 Å². The van der Waals surface area contributed by atoms with E-state index in [9.17, 15) is 14.4 Å². The summed E-state index contributed by atoms with van der Waals surface area (Å²) in [5, 5.41) is 5.32. The van der Waals surface area contributed by atoms with Gasteiger partial charge in [0.25, 0.3) is 5.91 Å². The summed E-state index contributed by atoms with van der Waals surface area (Å²) in [6, 6.07) is 5.09. The van der Waals surface area contributed by atoms with Gasteiger partial charge in [-0.3, -0.25) is 19.3 Å². The molecule has 0 aromatic heterocycles. The van der Waals surface area contributed by atoms with Crippen LogP contribution < -0.4 is 10.6 Å². The van der Waals surface area contributed by atoms with E-state index in [-0.39, 0.29) is 29.8 Å². The van der Waals surface area contributed by atoms with E-state index in [1.165, 1.54) is 4.90 Å². The highest BCUT2D eigenvalue weighted by Gasteiger charge is 2.74. The molecule has 2 saturated heterocycles. The molecule has 150 valence electrons. The van der Waals surface area contributed by atoms with Crippen LogP contribution in [0.1, 0.15) is 46.1 Å². The standard InChI is InChI=1S/C21H26ClN3O3/c1-5-11(4)25-18(26)15-14(9-10(2)3)24-21(16(15)19(25)27)12-7-6-8-13(22)17(12)23-20(21)28/h6-8,10-11,14-16,24H,5,9H2,1-4H3,(H,23,28)/p+1/t11-,14+,15-,16+,21-/m1/s1. The first-order valence-electron chi connectivity index (χ1n) is 10.1. The van der Waals surface area contributed by atoms with Crippen LogP contribution in [-0.2, 0) is 19.9 Å². The Hall–Kier alpha value is -1.92. The van der Waals surface area contributed by atoms with Gasteiger partial charge in [-0.2, -0.15) is 0 Å². The lowest BCUT2D eigenvalue weighted by Gasteiger charge is -2.28. The summed E-state index contributed by atoms with van der Waals surface area (Å²) in [5.41, 5.74) is 0.161. The van der Waals surface area contributed by atoms with Gasteiger partial charge in [-0.05, 0) is 31.4 Å². The SMILES string of the molecule is CC[C@@H](C)N1C(=O)[C@@H]2[C@H](CC(C)C)[NH2+][C@@]3(C(=O)Nc4c(Cl)cccc43)[C@@H]2C1=O. The summed E-state index contributed by atoms with van der Waals surface area (Å²) in [5.74, 6) is -1.44. The maximum Gasteiger partial charge on any atom is 0.291 e. The number of carbonyl (C=O) groups excluding carboxylic acids is 3. The van der Waals surface area contributed by atoms with E-state index >= 15 is 0 Å². The molecule has 3 aliphatic heterocycles. The van der Waals surface area contributed by atoms with Crippen molar-refractivity contribution in [3.05, 3.63) is 28.8 Å². The van der Waals surface area contributed by atoms with Gasteiger partial charge in [0.1, 0.15) is 17.9 Å². The monoisotopic (exact) mass is 404 g/mol. The number of amides is 3. The van der Waals surface area contributed by atoms with E-state index in [0.717, 1.165) is 12.0 Å². The zero-order valence-electron chi connectivity index (χ0n) is 16.7. The molecule has 0 bridgehead atoms. The molecular weight excluding hydrogens is 378 g/mol. The van der Waals surface area contributed by atoms with E-state index in [2.05, 4.69) is 19.2 Å². The van der Waals surface area contributed by atoms with Gasteiger partial charge in [-0.25, -0.2) is 0 Å². The molecule has 4 rings (SSSR count). The smallest absolute Gasteiger partial charge is 0.291 e. The Morgan fingerprint density at radius 2 is 1.93 bits per heavy atom. The quantitative estimate of drug-likeness (QED) is 0.751. The van der Waals surface area contributed by atoms with Crippen molar-refractivity contribution in [1.82, 2.24) is 4.90 Å². The number of rotatable bonds is 4. The van der Waals surface area contributed by atoms with Gasteiger partial charge in [0.15, 0.2) is 0 Å². The number of hydrogen-bond donors (Lipinski definition) is 2. The zero-order valence-corrected chi connectivity index (χ0v) is 17.4. The minimum Gasteiger partial charge on any atom is -0.326 e. The summed E-state index contributed by atoms with van der Waals surface area (Å²) in [6.45, 7) is 8.05. The molecule has 28 heavy (non-hydrogen) atoms.